The number of aliphatic carboxylic acids is 2. The summed E-state index contributed by atoms with van der Waals surface area (Å²) in [5.74, 6) is -4.75. The summed E-state index contributed by atoms with van der Waals surface area (Å²) in [6.07, 6.45) is 0.600. The summed E-state index contributed by atoms with van der Waals surface area (Å²) in [6, 6.07) is 11.0. The highest BCUT2D eigenvalue weighted by Gasteiger charge is 2.12. The molecule has 5 nitrogen and oxygen atoms in total. The van der Waals surface area contributed by atoms with Crippen LogP contribution in [0.2, 0.25) is 0 Å². The Kier molecular flexibility index (Phi) is 4.42. The lowest BCUT2D eigenvalue weighted by atomic mass is 9.97. The van der Waals surface area contributed by atoms with Crippen LogP contribution in [0.3, 0.4) is 0 Å². The SMILES string of the molecule is O=C([O-])C(CCCc1ccc2ccccc2c1O)C(=O)[O-]. The number of hydrogen-bond donors (Lipinski definition) is 1. The number of hydrogen-bond acceptors (Lipinski definition) is 5. The van der Waals surface area contributed by atoms with Gasteiger partial charge in [-0.05, 0) is 30.2 Å². The Balaban J connectivity index is 2.09. The standard InChI is InChI=1S/C16H16O5/c17-14-11(5-3-7-13(15(18)19)16(20)21)9-8-10-4-1-2-6-12(10)14/h1-2,4,6,8-9,13,17H,3,5,7H2,(H,18,19)(H,20,21)/p-2. The van der Waals surface area contributed by atoms with Crippen molar-refractivity contribution in [3.63, 3.8) is 0 Å². The van der Waals surface area contributed by atoms with Crippen LogP contribution in [0.1, 0.15) is 18.4 Å². The van der Waals surface area contributed by atoms with Crippen molar-refractivity contribution in [1.82, 2.24) is 0 Å². The second-order valence-electron chi connectivity index (χ2n) is 4.88. The van der Waals surface area contributed by atoms with E-state index < -0.39 is 17.9 Å². The second kappa shape index (κ2) is 6.26. The maximum Gasteiger partial charge on any atom is 0.126 e. The van der Waals surface area contributed by atoms with Crippen molar-refractivity contribution >= 4 is 22.7 Å². The van der Waals surface area contributed by atoms with Gasteiger partial charge in [-0.25, -0.2) is 0 Å². The predicted molar refractivity (Wildman–Crippen MR) is 72.1 cm³/mol. The molecule has 0 fully saturated rings. The molecule has 2 rings (SSSR count). The van der Waals surface area contributed by atoms with Gasteiger partial charge >= 0.3 is 0 Å². The Morgan fingerprint density at radius 1 is 1.05 bits per heavy atom. The van der Waals surface area contributed by atoms with Crippen molar-refractivity contribution in [3.05, 3.63) is 42.0 Å². The van der Waals surface area contributed by atoms with Crippen molar-refractivity contribution in [3.8, 4) is 5.75 Å². The highest BCUT2D eigenvalue weighted by atomic mass is 16.4. The first-order valence-electron chi connectivity index (χ1n) is 6.62. The first-order valence-corrected chi connectivity index (χ1v) is 6.62. The fraction of sp³-hybridized carbons (Fsp3) is 0.250. The number of phenols is 1. The fourth-order valence-corrected chi connectivity index (χ4v) is 2.33. The molecule has 110 valence electrons. The van der Waals surface area contributed by atoms with E-state index in [-0.39, 0.29) is 12.2 Å². The van der Waals surface area contributed by atoms with E-state index >= 15 is 0 Å². The topological polar surface area (TPSA) is 100 Å². The molecule has 0 aliphatic carbocycles. The number of carbonyl (C=O) groups is 2. The van der Waals surface area contributed by atoms with Crippen LogP contribution in [-0.2, 0) is 16.0 Å². The molecular formula is C16H14O5-2. The minimum absolute atomic E-state index is 0.0864. The number of carboxylic acids is 2. The van der Waals surface area contributed by atoms with Crippen molar-refractivity contribution in [2.75, 3.05) is 0 Å². The molecule has 0 saturated carbocycles. The molecule has 0 unspecified atom stereocenters. The third-order valence-electron chi connectivity index (χ3n) is 3.49. The van der Waals surface area contributed by atoms with E-state index in [9.17, 15) is 24.9 Å². The summed E-state index contributed by atoms with van der Waals surface area (Å²) in [5.41, 5.74) is 0.657. The molecule has 2 aromatic rings. The van der Waals surface area contributed by atoms with Gasteiger partial charge < -0.3 is 24.9 Å². The molecule has 0 bridgehead atoms. The Hall–Kier alpha value is -2.56. The average molecular weight is 286 g/mol. The van der Waals surface area contributed by atoms with Gasteiger partial charge in [0, 0.05) is 11.3 Å². The van der Waals surface area contributed by atoms with Crippen LogP contribution >= 0.6 is 0 Å². The van der Waals surface area contributed by atoms with E-state index in [1.165, 1.54) is 0 Å². The molecule has 0 spiro atoms. The van der Waals surface area contributed by atoms with Gasteiger partial charge in [-0.1, -0.05) is 36.4 Å². The zero-order valence-corrected chi connectivity index (χ0v) is 11.2. The van der Waals surface area contributed by atoms with Crippen LogP contribution < -0.4 is 10.2 Å². The minimum atomic E-state index is -1.64. The lowest BCUT2D eigenvalue weighted by molar-refractivity contribution is -0.332. The zero-order chi connectivity index (χ0) is 15.4. The highest BCUT2D eigenvalue weighted by Crippen LogP contribution is 2.29. The Morgan fingerprint density at radius 2 is 1.71 bits per heavy atom. The van der Waals surface area contributed by atoms with Gasteiger partial charge in [-0.3, -0.25) is 0 Å². The Morgan fingerprint density at radius 3 is 2.38 bits per heavy atom. The second-order valence-corrected chi connectivity index (χ2v) is 4.88. The molecule has 0 aliphatic rings. The molecule has 1 N–H and O–H groups in total. The summed E-state index contributed by atoms with van der Waals surface area (Å²) in [6.45, 7) is 0. The van der Waals surface area contributed by atoms with Crippen LogP contribution in [0.4, 0.5) is 0 Å². The number of fused-ring (bicyclic) bond motifs is 1. The van der Waals surface area contributed by atoms with Gasteiger partial charge in [0.15, 0.2) is 0 Å². The molecule has 5 heteroatoms. The number of phenolic OH excluding ortho intramolecular Hbond substituents is 1. The first kappa shape index (κ1) is 14.8. The van der Waals surface area contributed by atoms with E-state index in [4.69, 9.17) is 0 Å². The molecule has 21 heavy (non-hydrogen) atoms. The van der Waals surface area contributed by atoms with Crippen LogP contribution in [0.25, 0.3) is 10.8 Å². The van der Waals surface area contributed by atoms with Gasteiger partial charge in [0.25, 0.3) is 0 Å². The summed E-state index contributed by atoms with van der Waals surface area (Å²) >= 11 is 0. The summed E-state index contributed by atoms with van der Waals surface area (Å²) in [7, 11) is 0. The smallest absolute Gasteiger partial charge is 0.126 e. The summed E-state index contributed by atoms with van der Waals surface area (Å²) in [5, 5.41) is 33.1. The Bertz CT molecular complexity index is 663. The summed E-state index contributed by atoms with van der Waals surface area (Å²) < 4.78 is 0. The third-order valence-corrected chi connectivity index (χ3v) is 3.49. The lowest BCUT2D eigenvalue weighted by Crippen LogP contribution is -2.43. The predicted octanol–water partition coefficient (Wildman–Crippen LogP) is -0.0159. The Labute approximate surface area is 121 Å². The normalized spacial score (nSPS) is 10.9. The lowest BCUT2D eigenvalue weighted by Gasteiger charge is -2.18. The minimum Gasteiger partial charge on any atom is -0.549 e. The summed E-state index contributed by atoms with van der Waals surface area (Å²) in [4.78, 5) is 21.3. The molecule has 0 heterocycles. The fourth-order valence-electron chi connectivity index (χ4n) is 2.33. The number of benzene rings is 2. The van der Waals surface area contributed by atoms with Crippen LogP contribution in [0, 0.1) is 5.92 Å². The van der Waals surface area contributed by atoms with Crippen LogP contribution in [0.15, 0.2) is 36.4 Å². The number of carbonyl (C=O) groups excluding carboxylic acids is 2. The largest absolute Gasteiger partial charge is 0.549 e. The number of aromatic hydroxyl groups is 1. The zero-order valence-electron chi connectivity index (χ0n) is 11.2. The number of carboxylic acid groups (broad SMARTS) is 2. The monoisotopic (exact) mass is 286 g/mol. The molecule has 2 aromatic carbocycles. The third kappa shape index (κ3) is 3.31. The quantitative estimate of drug-likeness (QED) is 0.752. The van der Waals surface area contributed by atoms with Gasteiger partial charge in [0.2, 0.25) is 0 Å². The van der Waals surface area contributed by atoms with Gasteiger partial charge in [0.1, 0.15) is 5.75 Å². The van der Waals surface area contributed by atoms with E-state index in [1.54, 1.807) is 12.1 Å². The van der Waals surface area contributed by atoms with Crippen LogP contribution in [-0.4, -0.2) is 17.0 Å². The van der Waals surface area contributed by atoms with Crippen molar-refractivity contribution in [2.45, 2.75) is 19.3 Å². The first-order chi connectivity index (χ1) is 10.0. The van der Waals surface area contributed by atoms with Gasteiger partial charge in [-0.15, -0.1) is 0 Å². The van der Waals surface area contributed by atoms with Crippen molar-refractivity contribution < 1.29 is 24.9 Å². The number of rotatable bonds is 6. The van der Waals surface area contributed by atoms with E-state index in [2.05, 4.69) is 0 Å². The van der Waals surface area contributed by atoms with Gasteiger partial charge in [-0.2, -0.15) is 0 Å². The molecule has 0 aromatic heterocycles. The van der Waals surface area contributed by atoms with Crippen molar-refractivity contribution in [1.29, 1.82) is 0 Å². The maximum atomic E-state index is 10.6. The van der Waals surface area contributed by atoms with Crippen LogP contribution in [0.5, 0.6) is 5.75 Å². The number of aryl methyl sites for hydroxylation is 1. The molecule has 0 aliphatic heterocycles. The van der Waals surface area contributed by atoms with E-state index in [0.717, 1.165) is 5.39 Å². The highest BCUT2D eigenvalue weighted by molar-refractivity contribution is 5.90. The maximum absolute atomic E-state index is 10.6. The van der Waals surface area contributed by atoms with Gasteiger partial charge in [0.05, 0.1) is 11.9 Å². The molecular weight excluding hydrogens is 272 g/mol. The molecule has 0 radical (unpaired) electrons. The van der Waals surface area contributed by atoms with E-state index in [0.29, 0.717) is 23.8 Å². The molecule has 0 saturated heterocycles. The van der Waals surface area contributed by atoms with E-state index in [1.807, 2.05) is 24.3 Å². The molecule has 0 atom stereocenters. The average Bonchev–Trinajstić information content (AvgIpc) is 2.45. The van der Waals surface area contributed by atoms with Crippen molar-refractivity contribution in [2.24, 2.45) is 5.92 Å². The molecule has 0 amide bonds.